The normalized spacial score (nSPS) is 11.3. The first-order chi connectivity index (χ1) is 13.0. The lowest BCUT2D eigenvalue weighted by molar-refractivity contribution is 0.323. The summed E-state index contributed by atoms with van der Waals surface area (Å²) in [4.78, 5) is 10.0. The lowest BCUT2D eigenvalue weighted by Crippen LogP contribution is -2.37. The van der Waals surface area contributed by atoms with Crippen LogP contribution >= 0.6 is 11.3 Å². The summed E-state index contributed by atoms with van der Waals surface area (Å²) in [6.07, 6.45) is 0.919. The van der Waals surface area contributed by atoms with Crippen molar-refractivity contribution >= 4 is 17.3 Å². The molecule has 0 aliphatic carbocycles. The van der Waals surface area contributed by atoms with Gasteiger partial charge in [-0.15, -0.1) is 11.3 Å². The number of benzene rings is 1. The van der Waals surface area contributed by atoms with E-state index in [0.29, 0.717) is 23.8 Å². The van der Waals surface area contributed by atoms with Crippen LogP contribution in [0, 0.1) is 13.8 Å². The maximum atomic E-state index is 5.40. The standard InChI is InChI=1S/C19H28N4O3S/c1-12-17(27-13(2)23-12)7-8-21-19(20-3)22-11-14-9-15(24-4)18(26-6)16(10-14)25-5/h9-10H,7-8,11H2,1-6H3,(H2,20,21,22). The molecule has 0 saturated heterocycles. The maximum Gasteiger partial charge on any atom is 0.203 e. The third-order valence-electron chi connectivity index (χ3n) is 4.05. The summed E-state index contributed by atoms with van der Waals surface area (Å²) in [5.74, 6) is 2.59. The molecule has 0 aliphatic rings. The van der Waals surface area contributed by atoms with E-state index in [1.54, 1.807) is 39.7 Å². The monoisotopic (exact) mass is 392 g/mol. The molecule has 0 amide bonds. The van der Waals surface area contributed by atoms with Crippen LogP contribution < -0.4 is 24.8 Å². The lowest BCUT2D eigenvalue weighted by atomic mass is 10.2. The predicted octanol–water partition coefficient (Wildman–Crippen LogP) is 2.69. The van der Waals surface area contributed by atoms with E-state index in [0.717, 1.165) is 35.2 Å². The van der Waals surface area contributed by atoms with Gasteiger partial charge >= 0.3 is 0 Å². The zero-order valence-corrected chi connectivity index (χ0v) is 17.6. The van der Waals surface area contributed by atoms with Crippen molar-refractivity contribution < 1.29 is 14.2 Å². The molecule has 27 heavy (non-hydrogen) atoms. The van der Waals surface area contributed by atoms with Crippen molar-refractivity contribution in [3.63, 3.8) is 0 Å². The number of methoxy groups -OCH3 is 3. The number of guanidine groups is 1. The van der Waals surface area contributed by atoms with Crippen molar-refractivity contribution in [2.24, 2.45) is 4.99 Å². The van der Waals surface area contributed by atoms with Gasteiger partial charge in [-0.05, 0) is 31.5 Å². The molecular formula is C19H28N4O3S. The molecule has 0 radical (unpaired) electrons. The molecule has 2 N–H and O–H groups in total. The summed E-state index contributed by atoms with van der Waals surface area (Å²) < 4.78 is 16.1. The average molecular weight is 393 g/mol. The van der Waals surface area contributed by atoms with Crippen molar-refractivity contribution in [1.29, 1.82) is 0 Å². The van der Waals surface area contributed by atoms with E-state index in [-0.39, 0.29) is 0 Å². The summed E-state index contributed by atoms with van der Waals surface area (Å²) in [6, 6.07) is 3.84. The lowest BCUT2D eigenvalue weighted by Gasteiger charge is -2.16. The molecule has 0 aliphatic heterocycles. The highest BCUT2D eigenvalue weighted by Gasteiger charge is 2.13. The molecule has 1 heterocycles. The SMILES string of the molecule is CN=C(NCCc1sc(C)nc1C)NCc1cc(OC)c(OC)c(OC)c1. The number of hydrogen-bond acceptors (Lipinski definition) is 6. The van der Waals surface area contributed by atoms with Crippen molar-refractivity contribution in [2.45, 2.75) is 26.8 Å². The third kappa shape index (κ3) is 5.50. The molecule has 7 nitrogen and oxygen atoms in total. The number of aromatic nitrogens is 1. The molecule has 2 aromatic rings. The van der Waals surface area contributed by atoms with Crippen LogP contribution in [0.15, 0.2) is 17.1 Å². The van der Waals surface area contributed by atoms with Gasteiger partial charge in [0.1, 0.15) is 0 Å². The Morgan fingerprint density at radius 1 is 1.07 bits per heavy atom. The smallest absolute Gasteiger partial charge is 0.203 e. The maximum absolute atomic E-state index is 5.40. The van der Waals surface area contributed by atoms with Gasteiger partial charge in [-0.1, -0.05) is 0 Å². The average Bonchev–Trinajstić information content (AvgIpc) is 3.00. The number of aliphatic imine (C=N–C) groups is 1. The van der Waals surface area contributed by atoms with E-state index >= 15 is 0 Å². The minimum atomic E-state index is 0.578. The second-order valence-corrected chi connectivity index (χ2v) is 7.17. The largest absolute Gasteiger partial charge is 0.493 e. The van der Waals surface area contributed by atoms with Crippen molar-refractivity contribution in [2.75, 3.05) is 34.9 Å². The Kier molecular flexibility index (Phi) is 7.72. The summed E-state index contributed by atoms with van der Waals surface area (Å²) in [5.41, 5.74) is 2.11. The molecule has 8 heteroatoms. The van der Waals surface area contributed by atoms with Crippen LogP contribution in [0.25, 0.3) is 0 Å². The molecule has 0 fully saturated rings. The molecule has 0 spiro atoms. The highest BCUT2D eigenvalue weighted by atomic mass is 32.1. The van der Waals surface area contributed by atoms with Gasteiger partial charge < -0.3 is 24.8 Å². The molecule has 1 aromatic carbocycles. The number of ether oxygens (including phenoxy) is 3. The highest BCUT2D eigenvalue weighted by molar-refractivity contribution is 7.11. The van der Waals surface area contributed by atoms with Crippen LogP contribution in [-0.2, 0) is 13.0 Å². The van der Waals surface area contributed by atoms with Gasteiger partial charge in [-0.2, -0.15) is 0 Å². The summed E-state index contributed by atoms with van der Waals surface area (Å²) in [5, 5.41) is 7.75. The molecular weight excluding hydrogens is 364 g/mol. The quantitative estimate of drug-likeness (QED) is 0.531. The number of rotatable bonds is 8. The van der Waals surface area contributed by atoms with E-state index in [1.165, 1.54) is 4.88 Å². The minimum Gasteiger partial charge on any atom is -0.493 e. The van der Waals surface area contributed by atoms with Gasteiger partial charge in [0.05, 0.1) is 32.0 Å². The molecule has 0 unspecified atom stereocenters. The van der Waals surface area contributed by atoms with Gasteiger partial charge in [-0.3, -0.25) is 4.99 Å². The van der Waals surface area contributed by atoms with E-state index in [2.05, 4.69) is 27.5 Å². The van der Waals surface area contributed by atoms with Crippen LogP contribution in [0.2, 0.25) is 0 Å². The Bertz CT molecular complexity index is 764. The number of hydrogen-bond donors (Lipinski definition) is 2. The van der Waals surface area contributed by atoms with Crippen LogP contribution in [-0.4, -0.2) is 45.9 Å². The van der Waals surface area contributed by atoms with Gasteiger partial charge in [0.2, 0.25) is 5.75 Å². The van der Waals surface area contributed by atoms with Crippen LogP contribution in [0.5, 0.6) is 17.2 Å². The van der Waals surface area contributed by atoms with Gasteiger partial charge in [-0.25, -0.2) is 4.98 Å². The Labute approximate surface area is 164 Å². The number of thiazole rings is 1. The number of nitrogens with one attached hydrogen (secondary N) is 2. The van der Waals surface area contributed by atoms with Crippen molar-refractivity contribution in [3.05, 3.63) is 33.3 Å². The molecule has 0 bridgehead atoms. The Morgan fingerprint density at radius 3 is 2.22 bits per heavy atom. The minimum absolute atomic E-state index is 0.578. The first-order valence-electron chi connectivity index (χ1n) is 8.68. The Hall–Kier alpha value is -2.48. The fraction of sp³-hybridized carbons (Fsp3) is 0.474. The van der Waals surface area contributed by atoms with Gasteiger partial charge in [0.25, 0.3) is 0 Å². The van der Waals surface area contributed by atoms with Crippen LogP contribution in [0.3, 0.4) is 0 Å². The van der Waals surface area contributed by atoms with Crippen LogP contribution in [0.1, 0.15) is 21.1 Å². The fourth-order valence-electron chi connectivity index (χ4n) is 2.74. The molecule has 2 rings (SSSR count). The zero-order chi connectivity index (χ0) is 19.8. The van der Waals surface area contributed by atoms with Crippen molar-refractivity contribution in [1.82, 2.24) is 15.6 Å². The Balaban J connectivity index is 1.94. The van der Waals surface area contributed by atoms with E-state index in [4.69, 9.17) is 14.2 Å². The van der Waals surface area contributed by atoms with Gasteiger partial charge in [0.15, 0.2) is 17.5 Å². The fourth-order valence-corrected chi connectivity index (χ4v) is 3.68. The first kappa shape index (κ1) is 20.8. The summed E-state index contributed by atoms with van der Waals surface area (Å²) >= 11 is 1.74. The molecule has 1 aromatic heterocycles. The first-order valence-corrected chi connectivity index (χ1v) is 9.50. The van der Waals surface area contributed by atoms with Crippen molar-refractivity contribution in [3.8, 4) is 17.2 Å². The Morgan fingerprint density at radius 2 is 1.74 bits per heavy atom. The van der Waals surface area contributed by atoms with E-state index in [1.807, 2.05) is 19.1 Å². The number of aryl methyl sites for hydroxylation is 2. The summed E-state index contributed by atoms with van der Waals surface area (Å²) in [7, 11) is 6.57. The predicted molar refractivity (Wildman–Crippen MR) is 110 cm³/mol. The molecule has 148 valence electrons. The second-order valence-electron chi connectivity index (χ2n) is 5.88. The van der Waals surface area contributed by atoms with Crippen LogP contribution in [0.4, 0.5) is 0 Å². The third-order valence-corrected chi connectivity index (χ3v) is 5.18. The van der Waals surface area contributed by atoms with E-state index < -0.39 is 0 Å². The van der Waals surface area contributed by atoms with Gasteiger partial charge in [0, 0.05) is 31.4 Å². The van der Waals surface area contributed by atoms with E-state index in [9.17, 15) is 0 Å². The summed E-state index contributed by atoms with van der Waals surface area (Å²) in [6.45, 7) is 5.45. The zero-order valence-electron chi connectivity index (χ0n) is 16.8. The highest BCUT2D eigenvalue weighted by Crippen LogP contribution is 2.38. The number of nitrogens with zero attached hydrogens (tertiary/aromatic N) is 2. The topological polar surface area (TPSA) is 77.0 Å². The molecule has 0 atom stereocenters. The molecule has 0 saturated carbocycles. The second kappa shape index (κ2) is 10.0.